The molecule has 0 radical (unpaired) electrons. The maximum absolute atomic E-state index is 13.3. The minimum Gasteiger partial charge on any atom is -0.496 e. The number of nitrogens with one attached hydrogen (secondary N) is 1. The number of hydrogen-bond acceptors (Lipinski definition) is 4. The number of nitrogens with zero attached hydrogens (tertiary/aromatic N) is 1. The first-order valence-electron chi connectivity index (χ1n) is 9.32. The van der Waals surface area contributed by atoms with Crippen molar-refractivity contribution >= 4 is 27.7 Å². The molecule has 1 unspecified atom stereocenters. The highest BCUT2D eigenvalue weighted by molar-refractivity contribution is 5.99. The standard InChI is InChI=1S/C22H24N2O4/c1-12(25)23-18-10-14-16(28-22(18,2)3)11-17(27-5)19-20(14)24(4)15-9-7-6-8-13(15)21(19)26/h6-9,11,18H,10H2,1-5H3,(H,23,25). The Labute approximate surface area is 163 Å². The van der Waals surface area contributed by atoms with Crippen LogP contribution in [-0.4, -0.2) is 29.2 Å². The van der Waals surface area contributed by atoms with Crippen molar-refractivity contribution in [2.24, 2.45) is 7.05 Å². The van der Waals surface area contributed by atoms with Crippen molar-refractivity contribution in [3.05, 3.63) is 46.1 Å². The maximum atomic E-state index is 13.3. The molecule has 1 amide bonds. The van der Waals surface area contributed by atoms with Gasteiger partial charge < -0.3 is 19.4 Å². The molecule has 6 nitrogen and oxygen atoms in total. The first-order chi connectivity index (χ1) is 13.2. The smallest absolute Gasteiger partial charge is 0.217 e. The number of para-hydroxylation sites is 1. The van der Waals surface area contributed by atoms with Gasteiger partial charge in [-0.3, -0.25) is 9.59 Å². The van der Waals surface area contributed by atoms with Crippen molar-refractivity contribution < 1.29 is 14.3 Å². The van der Waals surface area contributed by atoms with Gasteiger partial charge in [-0.15, -0.1) is 0 Å². The summed E-state index contributed by atoms with van der Waals surface area (Å²) in [4.78, 5) is 25.0. The topological polar surface area (TPSA) is 69.6 Å². The van der Waals surface area contributed by atoms with Crippen LogP contribution < -0.4 is 20.2 Å². The molecule has 0 saturated heterocycles. The van der Waals surface area contributed by atoms with Crippen molar-refractivity contribution in [1.82, 2.24) is 9.88 Å². The van der Waals surface area contributed by atoms with E-state index in [4.69, 9.17) is 9.47 Å². The number of aromatic nitrogens is 1. The first kappa shape index (κ1) is 18.3. The normalized spacial score (nSPS) is 17.8. The van der Waals surface area contributed by atoms with Gasteiger partial charge in [0.2, 0.25) is 11.3 Å². The Morgan fingerprint density at radius 2 is 2.04 bits per heavy atom. The lowest BCUT2D eigenvalue weighted by Crippen LogP contribution is -2.55. The van der Waals surface area contributed by atoms with E-state index in [1.807, 2.05) is 49.7 Å². The highest BCUT2D eigenvalue weighted by Crippen LogP contribution is 2.41. The summed E-state index contributed by atoms with van der Waals surface area (Å²) in [6.45, 7) is 5.40. The molecule has 1 aliphatic rings. The van der Waals surface area contributed by atoms with E-state index in [0.29, 0.717) is 28.7 Å². The Hall–Kier alpha value is -3.02. The zero-order valence-corrected chi connectivity index (χ0v) is 16.8. The van der Waals surface area contributed by atoms with Gasteiger partial charge in [0.05, 0.1) is 29.6 Å². The summed E-state index contributed by atoms with van der Waals surface area (Å²) in [7, 11) is 3.50. The quantitative estimate of drug-likeness (QED) is 0.694. The van der Waals surface area contributed by atoms with Crippen LogP contribution in [0.15, 0.2) is 35.1 Å². The summed E-state index contributed by atoms with van der Waals surface area (Å²) in [6, 6.07) is 9.12. The van der Waals surface area contributed by atoms with E-state index in [0.717, 1.165) is 16.6 Å². The number of aryl methyl sites for hydroxylation is 1. The van der Waals surface area contributed by atoms with Gasteiger partial charge in [0, 0.05) is 37.4 Å². The Balaban J connectivity index is 2.10. The van der Waals surface area contributed by atoms with E-state index < -0.39 is 5.60 Å². The van der Waals surface area contributed by atoms with Crippen LogP contribution in [0.4, 0.5) is 0 Å². The Kier molecular flexibility index (Phi) is 4.10. The molecule has 28 heavy (non-hydrogen) atoms. The fourth-order valence-corrected chi connectivity index (χ4v) is 4.19. The molecule has 3 aromatic rings. The minimum absolute atomic E-state index is 0.0655. The number of benzene rings is 2. The lowest BCUT2D eigenvalue weighted by molar-refractivity contribution is -0.121. The second-order valence-electron chi connectivity index (χ2n) is 7.85. The van der Waals surface area contributed by atoms with Gasteiger partial charge in [0.1, 0.15) is 17.1 Å². The summed E-state index contributed by atoms with van der Waals surface area (Å²) in [5, 5.41) is 4.17. The van der Waals surface area contributed by atoms with E-state index in [2.05, 4.69) is 5.32 Å². The van der Waals surface area contributed by atoms with Gasteiger partial charge in [-0.1, -0.05) is 12.1 Å². The molecular formula is C22H24N2O4. The molecule has 0 saturated carbocycles. The van der Waals surface area contributed by atoms with Gasteiger partial charge in [-0.2, -0.15) is 0 Å². The molecule has 1 N–H and O–H groups in total. The van der Waals surface area contributed by atoms with Crippen molar-refractivity contribution in [3.63, 3.8) is 0 Å². The third kappa shape index (κ3) is 2.63. The number of carbonyl (C=O) groups excluding carboxylic acids is 1. The average molecular weight is 380 g/mol. The van der Waals surface area contributed by atoms with Gasteiger partial charge in [0.15, 0.2) is 0 Å². The highest BCUT2D eigenvalue weighted by atomic mass is 16.5. The number of amides is 1. The molecule has 0 fully saturated rings. The molecule has 1 atom stereocenters. The predicted molar refractivity (Wildman–Crippen MR) is 109 cm³/mol. The van der Waals surface area contributed by atoms with E-state index in [1.165, 1.54) is 6.92 Å². The number of pyridine rings is 1. The van der Waals surface area contributed by atoms with E-state index >= 15 is 0 Å². The fourth-order valence-electron chi connectivity index (χ4n) is 4.19. The molecule has 0 spiro atoms. The highest BCUT2D eigenvalue weighted by Gasteiger charge is 2.39. The van der Waals surface area contributed by atoms with Crippen LogP contribution >= 0.6 is 0 Å². The summed E-state index contributed by atoms with van der Waals surface area (Å²) in [5.74, 6) is 1.07. The SMILES string of the molecule is COc1cc2c(c3c1c(=O)c1ccccc1n3C)CC(NC(C)=O)C(C)(C)O2. The second-order valence-corrected chi connectivity index (χ2v) is 7.85. The minimum atomic E-state index is -0.590. The number of rotatable bonds is 2. The zero-order chi connectivity index (χ0) is 20.2. The monoisotopic (exact) mass is 380 g/mol. The Morgan fingerprint density at radius 1 is 1.32 bits per heavy atom. The number of methoxy groups -OCH3 is 1. The molecule has 0 aliphatic carbocycles. The summed E-state index contributed by atoms with van der Waals surface area (Å²) >= 11 is 0. The Bertz CT molecular complexity index is 1180. The molecule has 6 heteroatoms. The Morgan fingerprint density at radius 3 is 2.71 bits per heavy atom. The van der Waals surface area contributed by atoms with Crippen molar-refractivity contribution in [1.29, 1.82) is 0 Å². The molecule has 146 valence electrons. The molecule has 1 aliphatic heterocycles. The van der Waals surface area contributed by atoms with Gasteiger partial charge >= 0.3 is 0 Å². The number of ether oxygens (including phenoxy) is 2. The molecule has 0 bridgehead atoms. The maximum Gasteiger partial charge on any atom is 0.217 e. The first-order valence-corrected chi connectivity index (χ1v) is 9.32. The predicted octanol–water partition coefficient (Wildman–Crippen LogP) is 2.92. The molecule has 4 rings (SSSR count). The van der Waals surface area contributed by atoms with Crippen LogP contribution in [-0.2, 0) is 18.3 Å². The van der Waals surface area contributed by atoms with Crippen molar-refractivity contribution in [3.8, 4) is 11.5 Å². The summed E-state index contributed by atoms with van der Waals surface area (Å²) in [6.07, 6.45) is 0.564. The third-order valence-corrected chi connectivity index (χ3v) is 5.62. The summed E-state index contributed by atoms with van der Waals surface area (Å²) in [5.41, 5.74) is 1.87. The third-order valence-electron chi connectivity index (χ3n) is 5.62. The van der Waals surface area contributed by atoms with Gasteiger partial charge in [0.25, 0.3) is 0 Å². The number of carbonyl (C=O) groups is 1. The van der Waals surface area contributed by atoms with Crippen LogP contribution in [0.2, 0.25) is 0 Å². The van der Waals surface area contributed by atoms with E-state index in [-0.39, 0.29) is 17.4 Å². The largest absolute Gasteiger partial charge is 0.496 e. The van der Waals surface area contributed by atoms with Gasteiger partial charge in [-0.05, 0) is 26.0 Å². The lowest BCUT2D eigenvalue weighted by atomic mass is 9.87. The summed E-state index contributed by atoms with van der Waals surface area (Å²) < 4.78 is 13.9. The van der Waals surface area contributed by atoms with Gasteiger partial charge in [-0.25, -0.2) is 0 Å². The average Bonchev–Trinajstić information content (AvgIpc) is 2.65. The van der Waals surface area contributed by atoms with Crippen LogP contribution in [0.5, 0.6) is 11.5 Å². The van der Waals surface area contributed by atoms with Crippen molar-refractivity contribution in [2.45, 2.75) is 38.8 Å². The van der Waals surface area contributed by atoms with Crippen molar-refractivity contribution in [2.75, 3.05) is 7.11 Å². The molecule has 1 aromatic heterocycles. The fraction of sp³-hybridized carbons (Fsp3) is 0.364. The lowest BCUT2D eigenvalue weighted by Gasteiger charge is -2.40. The van der Waals surface area contributed by atoms with Crippen LogP contribution in [0, 0.1) is 0 Å². The van der Waals surface area contributed by atoms with E-state index in [1.54, 1.807) is 13.2 Å². The number of fused-ring (bicyclic) bond motifs is 4. The van der Waals surface area contributed by atoms with Crippen LogP contribution in [0.1, 0.15) is 26.3 Å². The molecule has 2 aromatic carbocycles. The number of hydrogen-bond donors (Lipinski definition) is 1. The van der Waals surface area contributed by atoms with Crippen LogP contribution in [0.3, 0.4) is 0 Å². The molecular weight excluding hydrogens is 356 g/mol. The second kappa shape index (κ2) is 6.26. The zero-order valence-electron chi connectivity index (χ0n) is 16.8. The van der Waals surface area contributed by atoms with E-state index in [9.17, 15) is 9.59 Å². The van der Waals surface area contributed by atoms with Crippen LogP contribution in [0.25, 0.3) is 21.8 Å². The molecule has 2 heterocycles.